The zero-order valence-electron chi connectivity index (χ0n) is 12.7. The molecule has 0 radical (unpaired) electrons. The topological polar surface area (TPSA) is 24.5 Å². The van der Waals surface area contributed by atoms with Gasteiger partial charge in [0.25, 0.3) is 0 Å². The second kappa shape index (κ2) is 7.43. The van der Waals surface area contributed by atoms with Crippen LogP contribution in [0, 0.1) is 5.92 Å². The average molecular weight is 341 g/mol. The second-order valence-corrected chi connectivity index (χ2v) is 6.78. The van der Waals surface area contributed by atoms with Gasteiger partial charge in [-0.25, -0.2) is 0 Å². The van der Waals surface area contributed by atoms with E-state index in [1.807, 2.05) is 0 Å². The number of hydrogen-bond acceptors (Lipinski definition) is 3. The average Bonchev–Trinajstić information content (AvgIpc) is 2.40. The minimum atomic E-state index is 0.315. The molecular weight excluding hydrogens is 316 g/mol. The Bertz CT molecular complexity index is 436. The van der Waals surface area contributed by atoms with E-state index in [0.717, 1.165) is 32.8 Å². The van der Waals surface area contributed by atoms with Gasteiger partial charge >= 0.3 is 0 Å². The Morgan fingerprint density at radius 1 is 1.45 bits per heavy atom. The van der Waals surface area contributed by atoms with E-state index < -0.39 is 0 Å². The lowest BCUT2D eigenvalue weighted by Gasteiger charge is -2.33. The van der Waals surface area contributed by atoms with Crippen LogP contribution in [0.1, 0.15) is 26.3 Å². The summed E-state index contributed by atoms with van der Waals surface area (Å²) in [5.41, 5.74) is 2.59. The van der Waals surface area contributed by atoms with Crippen LogP contribution >= 0.6 is 15.9 Å². The molecule has 0 aliphatic carbocycles. The highest BCUT2D eigenvalue weighted by Gasteiger charge is 2.17. The van der Waals surface area contributed by atoms with E-state index in [0.29, 0.717) is 12.0 Å². The van der Waals surface area contributed by atoms with E-state index in [2.05, 4.69) is 65.1 Å². The maximum atomic E-state index is 5.60. The third kappa shape index (κ3) is 4.47. The molecule has 1 fully saturated rings. The van der Waals surface area contributed by atoms with E-state index in [1.54, 1.807) is 0 Å². The number of ether oxygens (including phenoxy) is 1. The second-order valence-electron chi connectivity index (χ2n) is 5.93. The summed E-state index contributed by atoms with van der Waals surface area (Å²) in [4.78, 5) is 2.39. The van der Waals surface area contributed by atoms with Gasteiger partial charge in [-0.15, -0.1) is 0 Å². The predicted molar refractivity (Wildman–Crippen MR) is 88.3 cm³/mol. The Balaban J connectivity index is 1.98. The molecule has 0 bridgehead atoms. The molecule has 1 aliphatic rings. The van der Waals surface area contributed by atoms with Crippen LogP contribution in [0.5, 0.6) is 0 Å². The van der Waals surface area contributed by atoms with Crippen molar-refractivity contribution in [2.75, 3.05) is 31.1 Å². The number of rotatable bonds is 5. The van der Waals surface area contributed by atoms with Gasteiger partial charge < -0.3 is 15.0 Å². The smallest absolute Gasteiger partial charge is 0.0722 e. The molecule has 2 rings (SSSR count). The lowest BCUT2D eigenvalue weighted by Crippen LogP contribution is -2.41. The lowest BCUT2D eigenvalue weighted by molar-refractivity contribution is 0.0532. The first-order valence-electron chi connectivity index (χ1n) is 7.42. The summed E-state index contributed by atoms with van der Waals surface area (Å²) in [6.45, 7) is 11.3. The first-order chi connectivity index (χ1) is 9.56. The zero-order valence-corrected chi connectivity index (χ0v) is 14.2. The van der Waals surface area contributed by atoms with Crippen LogP contribution in [0.4, 0.5) is 5.69 Å². The quantitative estimate of drug-likeness (QED) is 0.888. The molecule has 1 N–H and O–H groups in total. The van der Waals surface area contributed by atoms with Crippen LogP contribution in [0.3, 0.4) is 0 Å². The number of hydrogen-bond donors (Lipinski definition) is 1. The molecule has 0 aromatic heterocycles. The molecule has 0 amide bonds. The van der Waals surface area contributed by atoms with Gasteiger partial charge in [-0.05, 0) is 37.1 Å². The number of nitrogens with one attached hydrogen (secondary N) is 1. The fraction of sp³-hybridized carbons (Fsp3) is 0.625. The Kier molecular flexibility index (Phi) is 5.87. The van der Waals surface area contributed by atoms with Crippen LogP contribution in [0.15, 0.2) is 22.7 Å². The summed E-state index contributed by atoms with van der Waals surface area (Å²) in [6, 6.07) is 6.66. The third-order valence-electron chi connectivity index (χ3n) is 3.51. The Morgan fingerprint density at radius 2 is 2.25 bits per heavy atom. The third-order valence-corrected chi connectivity index (χ3v) is 4.25. The Labute approximate surface area is 130 Å². The van der Waals surface area contributed by atoms with Gasteiger partial charge in [0.1, 0.15) is 0 Å². The molecule has 1 heterocycles. The van der Waals surface area contributed by atoms with E-state index in [-0.39, 0.29) is 0 Å². The first kappa shape index (κ1) is 15.8. The molecule has 1 unspecified atom stereocenters. The molecule has 4 heteroatoms. The van der Waals surface area contributed by atoms with Gasteiger partial charge in [-0.3, -0.25) is 0 Å². The Morgan fingerprint density at radius 3 is 2.90 bits per heavy atom. The van der Waals surface area contributed by atoms with Gasteiger partial charge in [-0.2, -0.15) is 0 Å². The van der Waals surface area contributed by atoms with Crippen molar-refractivity contribution in [3.05, 3.63) is 28.2 Å². The maximum Gasteiger partial charge on any atom is 0.0722 e. The van der Waals surface area contributed by atoms with Crippen molar-refractivity contribution in [2.24, 2.45) is 5.92 Å². The first-order valence-corrected chi connectivity index (χ1v) is 8.21. The van der Waals surface area contributed by atoms with Crippen molar-refractivity contribution >= 4 is 21.6 Å². The SMILES string of the molecule is CC(C)CNCc1ccc(N2CCOC(C)C2)cc1Br. The summed E-state index contributed by atoms with van der Waals surface area (Å²) < 4.78 is 6.78. The van der Waals surface area contributed by atoms with Crippen molar-refractivity contribution in [3.8, 4) is 0 Å². The number of anilines is 1. The lowest BCUT2D eigenvalue weighted by atomic mass is 10.1. The molecule has 1 atom stereocenters. The highest BCUT2D eigenvalue weighted by atomic mass is 79.9. The molecule has 20 heavy (non-hydrogen) atoms. The molecule has 1 aromatic rings. The van der Waals surface area contributed by atoms with E-state index >= 15 is 0 Å². The van der Waals surface area contributed by atoms with Crippen LogP contribution in [-0.4, -0.2) is 32.3 Å². The monoisotopic (exact) mass is 340 g/mol. The normalized spacial score (nSPS) is 19.6. The molecule has 1 aliphatic heterocycles. The minimum absolute atomic E-state index is 0.315. The van der Waals surface area contributed by atoms with Crippen molar-refractivity contribution in [3.63, 3.8) is 0 Å². The fourth-order valence-corrected chi connectivity index (χ4v) is 2.93. The van der Waals surface area contributed by atoms with Gasteiger partial charge in [0.15, 0.2) is 0 Å². The van der Waals surface area contributed by atoms with Crippen LogP contribution < -0.4 is 10.2 Å². The summed E-state index contributed by atoms with van der Waals surface area (Å²) in [5.74, 6) is 0.683. The van der Waals surface area contributed by atoms with Crippen molar-refractivity contribution in [1.82, 2.24) is 5.32 Å². The maximum absolute atomic E-state index is 5.60. The summed E-state index contributed by atoms with van der Waals surface area (Å²) in [5, 5.41) is 3.48. The summed E-state index contributed by atoms with van der Waals surface area (Å²) in [6.07, 6.45) is 0.315. The predicted octanol–water partition coefficient (Wildman–Crippen LogP) is 3.42. The van der Waals surface area contributed by atoms with Crippen molar-refractivity contribution in [2.45, 2.75) is 33.4 Å². The molecule has 112 valence electrons. The van der Waals surface area contributed by atoms with Gasteiger partial charge in [0.05, 0.1) is 12.7 Å². The largest absolute Gasteiger partial charge is 0.375 e. The highest BCUT2D eigenvalue weighted by Crippen LogP contribution is 2.25. The molecule has 3 nitrogen and oxygen atoms in total. The molecule has 1 aromatic carbocycles. The molecule has 1 saturated heterocycles. The minimum Gasteiger partial charge on any atom is -0.375 e. The number of benzene rings is 1. The molecular formula is C16H25BrN2O. The van der Waals surface area contributed by atoms with Crippen LogP contribution in [0.25, 0.3) is 0 Å². The number of halogens is 1. The van der Waals surface area contributed by atoms with E-state index in [9.17, 15) is 0 Å². The summed E-state index contributed by atoms with van der Waals surface area (Å²) >= 11 is 3.70. The van der Waals surface area contributed by atoms with Crippen LogP contribution in [0.2, 0.25) is 0 Å². The fourth-order valence-electron chi connectivity index (χ4n) is 2.42. The zero-order chi connectivity index (χ0) is 14.5. The highest BCUT2D eigenvalue weighted by molar-refractivity contribution is 9.10. The molecule has 0 saturated carbocycles. The van der Waals surface area contributed by atoms with Crippen LogP contribution in [-0.2, 0) is 11.3 Å². The van der Waals surface area contributed by atoms with Crippen molar-refractivity contribution < 1.29 is 4.74 Å². The van der Waals surface area contributed by atoms with Gasteiger partial charge in [-0.1, -0.05) is 35.8 Å². The number of morpholine rings is 1. The van der Waals surface area contributed by atoms with Crippen molar-refractivity contribution in [1.29, 1.82) is 0 Å². The van der Waals surface area contributed by atoms with Gasteiger partial charge in [0, 0.05) is 29.8 Å². The van der Waals surface area contributed by atoms with E-state index in [1.165, 1.54) is 15.7 Å². The Hall–Kier alpha value is -0.580. The number of nitrogens with zero attached hydrogens (tertiary/aromatic N) is 1. The molecule has 0 spiro atoms. The standard InChI is InChI=1S/C16H25BrN2O/c1-12(2)9-18-10-14-4-5-15(8-16(14)17)19-6-7-20-13(3)11-19/h4-5,8,12-13,18H,6-7,9-11H2,1-3H3. The summed E-state index contributed by atoms with van der Waals surface area (Å²) in [7, 11) is 0. The van der Waals surface area contributed by atoms with Gasteiger partial charge in [0.2, 0.25) is 0 Å². The van der Waals surface area contributed by atoms with E-state index in [4.69, 9.17) is 4.74 Å².